The zero-order valence-corrected chi connectivity index (χ0v) is 9.96. The third kappa shape index (κ3) is 7.33. The molecule has 6 heteroatoms. The average molecular weight is 237 g/mol. The Morgan fingerprint density at radius 2 is 1.73 bits per heavy atom. The van der Waals surface area contributed by atoms with Gasteiger partial charge in [0.2, 0.25) is 5.91 Å². The highest BCUT2D eigenvalue weighted by molar-refractivity contribution is 7.91. The van der Waals surface area contributed by atoms with E-state index in [1.165, 1.54) is 0 Å². The second-order valence-electron chi connectivity index (χ2n) is 4.04. The van der Waals surface area contributed by atoms with Crippen molar-refractivity contribution in [3.05, 3.63) is 0 Å². The molecule has 1 atom stereocenters. The van der Waals surface area contributed by atoms with E-state index in [1.807, 2.05) is 13.8 Å². The number of carbonyl (C=O) groups is 1. The molecule has 0 fully saturated rings. The molecule has 0 saturated heterocycles. The van der Waals surface area contributed by atoms with Crippen molar-refractivity contribution in [3.63, 3.8) is 0 Å². The lowest BCUT2D eigenvalue weighted by molar-refractivity contribution is -0.126. The molecule has 0 spiro atoms. The minimum atomic E-state index is -3.17. The minimum absolute atomic E-state index is 0.0934. The summed E-state index contributed by atoms with van der Waals surface area (Å²) in [5.41, 5.74) is 4.80. The van der Waals surface area contributed by atoms with Gasteiger partial charge in [-0.2, -0.15) is 0 Å². The summed E-state index contributed by atoms with van der Waals surface area (Å²) < 4.78 is 22.8. The second kappa shape index (κ2) is 6.07. The summed E-state index contributed by atoms with van der Waals surface area (Å²) in [5.74, 6) is -0.658. The molecule has 0 aliphatic heterocycles. The molecule has 5 nitrogen and oxygen atoms in total. The fourth-order valence-electron chi connectivity index (χ4n) is 0.951. The predicted molar refractivity (Wildman–Crippen MR) is 57.9 cm³/mol. The van der Waals surface area contributed by atoms with Crippen LogP contribution in [-0.2, 0) is 14.6 Å². The highest BCUT2D eigenvalue weighted by Gasteiger charge is 2.17. The lowest BCUT2D eigenvalue weighted by Gasteiger charge is -2.08. The number of aliphatic hydroxyl groups is 1. The van der Waals surface area contributed by atoms with Crippen molar-refractivity contribution in [2.24, 2.45) is 11.7 Å². The first-order valence-electron chi connectivity index (χ1n) is 4.92. The SMILES string of the molecule is CC(C)CCS(=O)(=O)CCC(O)C(N)=O. The van der Waals surface area contributed by atoms with E-state index in [-0.39, 0.29) is 17.9 Å². The predicted octanol–water partition coefficient (Wildman–Crippen LogP) is -0.316. The fourth-order valence-corrected chi connectivity index (χ4v) is 2.57. The Bertz CT molecular complexity index is 297. The van der Waals surface area contributed by atoms with Crippen molar-refractivity contribution in [1.82, 2.24) is 0 Å². The van der Waals surface area contributed by atoms with Crippen LogP contribution in [0.4, 0.5) is 0 Å². The van der Waals surface area contributed by atoms with Crippen molar-refractivity contribution in [2.75, 3.05) is 11.5 Å². The summed E-state index contributed by atoms with van der Waals surface area (Å²) in [7, 11) is -3.17. The summed E-state index contributed by atoms with van der Waals surface area (Å²) in [4.78, 5) is 10.5. The zero-order chi connectivity index (χ0) is 12.1. The van der Waals surface area contributed by atoms with Crippen molar-refractivity contribution in [2.45, 2.75) is 32.8 Å². The van der Waals surface area contributed by atoms with Gasteiger partial charge in [-0.15, -0.1) is 0 Å². The van der Waals surface area contributed by atoms with Gasteiger partial charge in [0.05, 0.1) is 11.5 Å². The van der Waals surface area contributed by atoms with Crippen LogP contribution < -0.4 is 5.73 Å². The van der Waals surface area contributed by atoms with Gasteiger partial charge in [0.15, 0.2) is 0 Å². The molecule has 0 aliphatic carbocycles. The summed E-state index contributed by atoms with van der Waals surface area (Å²) in [6.07, 6.45) is -0.885. The summed E-state index contributed by atoms with van der Waals surface area (Å²) in [6, 6.07) is 0. The third-order valence-electron chi connectivity index (χ3n) is 2.04. The van der Waals surface area contributed by atoms with Gasteiger partial charge in [0, 0.05) is 0 Å². The lowest BCUT2D eigenvalue weighted by Crippen LogP contribution is -2.30. The summed E-state index contributed by atoms with van der Waals surface area (Å²) in [5, 5.41) is 9.03. The highest BCUT2D eigenvalue weighted by atomic mass is 32.2. The number of aliphatic hydroxyl groups excluding tert-OH is 1. The van der Waals surface area contributed by atoms with Crippen molar-refractivity contribution in [3.8, 4) is 0 Å². The van der Waals surface area contributed by atoms with Crippen molar-refractivity contribution >= 4 is 15.7 Å². The number of sulfone groups is 1. The Hall–Kier alpha value is -0.620. The van der Waals surface area contributed by atoms with Crippen LogP contribution >= 0.6 is 0 Å². The van der Waals surface area contributed by atoms with Gasteiger partial charge in [0.25, 0.3) is 0 Å². The maximum absolute atomic E-state index is 11.4. The van der Waals surface area contributed by atoms with Crippen LogP contribution in [0.2, 0.25) is 0 Å². The first-order valence-corrected chi connectivity index (χ1v) is 6.74. The second-order valence-corrected chi connectivity index (χ2v) is 6.34. The first-order chi connectivity index (χ1) is 6.74. The number of hydrogen-bond donors (Lipinski definition) is 2. The first kappa shape index (κ1) is 14.4. The molecule has 90 valence electrons. The molecule has 0 aromatic rings. The molecule has 0 aliphatic rings. The highest BCUT2D eigenvalue weighted by Crippen LogP contribution is 2.05. The molecule has 1 amide bonds. The smallest absolute Gasteiger partial charge is 0.246 e. The molecule has 1 unspecified atom stereocenters. The maximum atomic E-state index is 11.4. The molecule has 0 saturated carbocycles. The molecule has 0 bridgehead atoms. The lowest BCUT2D eigenvalue weighted by atomic mass is 10.2. The molecule has 3 N–H and O–H groups in total. The number of amides is 1. The maximum Gasteiger partial charge on any atom is 0.246 e. The van der Waals surface area contributed by atoms with E-state index in [1.54, 1.807) is 0 Å². The van der Waals surface area contributed by atoms with Crippen LogP contribution in [0.15, 0.2) is 0 Å². The summed E-state index contributed by atoms with van der Waals surface area (Å²) >= 11 is 0. The molecule has 0 aromatic heterocycles. The molecule has 0 rings (SSSR count). The van der Waals surface area contributed by atoms with E-state index in [9.17, 15) is 13.2 Å². The normalized spacial score (nSPS) is 14.1. The molecular formula is C9H19NO4S. The van der Waals surface area contributed by atoms with E-state index in [4.69, 9.17) is 10.8 Å². The Balaban J connectivity index is 4.00. The third-order valence-corrected chi connectivity index (χ3v) is 3.75. The van der Waals surface area contributed by atoms with E-state index in [0.29, 0.717) is 12.3 Å². The van der Waals surface area contributed by atoms with E-state index in [0.717, 1.165) is 0 Å². The van der Waals surface area contributed by atoms with Crippen LogP contribution in [0.3, 0.4) is 0 Å². The van der Waals surface area contributed by atoms with Crippen LogP contribution in [-0.4, -0.2) is 37.0 Å². The molecule has 0 heterocycles. The Kier molecular flexibility index (Phi) is 5.82. The van der Waals surface area contributed by atoms with Gasteiger partial charge in [-0.3, -0.25) is 4.79 Å². The topological polar surface area (TPSA) is 97.5 Å². The van der Waals surface area contributed by atoms with Crippen LogP contribution in [0.1, 0.15) is 26.7 Å². The van der Waals surface area contributed by atoms with E-state index < -0.39 is 21.8 Å². The summed E-state index contributed by atoms with van der Waals surface area (Å²) in [6.45, 7) is 3.88. The molecule has 15 heavy (non-hydrogen) atoms. The van der Waals surface area contributed by atoms with Crippen molar-refractivity contribution < 1.29 is 18.3 Å². The van der Waals surface area contributed by atoms with Gasteiger partial charge in [0.1, 0.15) is 15.9 Å². The zero-order valence-electron chi connectivity index (χ0n) is 9.14. The standard InChI is InChI=1S/C9H19NO4S/c1-7(2)3-5-15(13,14)6-4-8(11)9(10)12/h7-8,11H,3-6H2,1-2H3,(H2,10,12). The molecule has 0 aromatic carbocycles. The Labute approximate surface area is 90.6 Å². The fraction of sp³-hybridized carbons (Fsp3) is 0.889. The van der Waals surface area contributed by atoms with Crippen LogP contribution in [0.5, 0.6) is 0 Å². The average Bonchev–Trinajstić information content (AvgIpc) is 2.11. The van der Waals surface area contributed by atoms with Gasteiger partial charge in [-0.05, 0) is 18.8 Å². The molecular weight excluding hydrogens is 218 g/mol. The van der Waals surface area contributed by atoms with Crippen molar-refractivity contribution in [1.29, 1.82) is 0 Å². The van der Waals surface area contributed by atoms with Crippen LogP contribution in [0.25, 0.3) is 0 Å². The number of carbonyl (C=O) groups excluding carboxylic acids is 1. The molecule has 0 radical (unpaired) electrons. The number of rotatable bonds is 7. The minimum Gasteiger partial charge on any atom is -0.383 e. The quantitative estimate of drug-likeness (QED) is 0.634. The van der Waals surface area contributed by atoms with E-state index in [2.05, 4.69) is 0 Å². The Morgan fingerprint density at radius 1 is 1.27 bits per heavy atom. The van der Waals surface area contributed by atoms with Gasteiger partial charge in [-0.1, -0.05) is 13.8 Å². The van der Waals surface area contributed by atoms with E-state index >= 15 is 0 Å². The number of primary amides is 1. The van der Waals surface area contributed by atoms with Gasteiger partial charge < -0.3 is 10.8 Å². The van der Waals surface area contributed by atoms with Gasteiger partial charge in [-0.25, -0.2) is 8.42 Å². The largest absolute Gasteiger partial charge is 0.383 e. The number of nitrogens with two attached hydrogens (primary N) is 1. The van der Waals surface area contributed by atoms with Crippen LogP contribution in [0, 0.1) is 5.92 Å². The number of hydrogen-bond acceptors (Lipinski definition) is 4. The Morgan fingerprint density at radius 3 is 2.13 bits per heavy atom. The monoisotopic (exact) mass is 237 g/mol. The van der Waals surface area contributed by atoms with Gasteiger partial charge >= 0.3 is 0 Å².